The number of amidine groups is 1. The predicted molar refractivity (Wildman–Crippen MR) is 158 cm³/mol. The zero-order valence-electron chi connectivity index (χ0n) is 22.9. The fraction of sp³-hybridized carbons (Fsp3) is 0.406. The van der Waals surface area contributed by atoms with Crippen LogP contribution in [0.4, 0.5) is 20.7 Å². The van der Waals surface area contributed by atoms with Crippen LogP contribution in [0.1, 0.15) is 56.1 Å². The SMILES string of the molecule is O=C1NC(=NC2CCCCC2)C2(CC[N+](Cc3ccc(NCc4ccccc4)nc3)(c3cccc(F)c3)CC2)N1. The number of aromatic nitrogens is 1. The molecule has 0 unspecified atom stereocenters. The van der Waals surface area contributed by atoms with Gasteiger partial charge in [0.15, 0.2) is 0 Å². The van der Waals surface area contributed by atoms with Gasteiger partial charge in [0.05, 0.1) is 19.1 Å². The molecule has 208 valence electrons. The van der Waals surface area contributed by atoms with E-state index in [1.165, 1.54) is 30.9 Å². The molecule has 2 aliphatic heterocycles. The summed E-state index contributed by atoms with van der Waals surface area (Å²) in [5.41, 5.74) is 2.76. The highest BCUT2D eigenvalue weighted by Gasteiger charge is 2.51. The Morgan fingerprint density at radius 1 is 0.975 bits per heavy atom. The number of rotatable bonds is 7. The molecule has 40 heavy (non-hydrogen) atoms. The highest BCUT2D eigenvalue weighted by molar-refractivity contribution is 6.10. The highest BCUT2D eigenvalue weighted by Crippen LogP contribution is 2.37. The first-order chi connectivity index (χ1) is 19.5. The zero-order valence-corrected chi connectivity index (χ0v) is 22.9. The van der Waals surface area contributed by atoms with Crippen molar-refractivity contribution < 1.29 is 9.18 Å². The van der Waals surface area contributed by atoms with Crippen molar-refractivity contribution in [1.29, 1.82) is 0 Å². The molecule has 3 N–H and O–H groups in total. The number of halogens is 1. The van der Waals surface area contributed by atoms with Gasteiger partial charge in [-0.25, -0.2) is 14.2 Å². The maximum Gasteiger partial charge on any atom is 0.321 e. The van der Waals surface area contributed by atoms with Crippen LogP contribution in [0, 0.1) is 5.82 Å². The van der Waals surface area contributed by atoms with Gasteiger partial charge in [0.25, 0.3) is 0 Å². The van der Waals surface area contributed by atoms with Crippen LogP contribution in [0.5, 0.6) is 0 Å². The summed E-state index contributed by atoms with van der Waals surface area (Å²) in [6.45, 7) is 2.91. The van der Waals surface area contributed by atoms with Gasteiger partial charge in [0, 0.05) is 37.2 Å². The van der Waals surface area contributed by atoms with Crippen molar-refractivity contribution >= 4 is 23.4 Å². The van der Waals surface area contributed by atoms with Crippen LogP contribution >= 0.6 is 0 Å². The molecule has 7 nitrogen and oxygen atoms in total. The van der Waals surface area contributed by atoms with E-state index in [9.17, 15) is 9.18 Å². The number of quaternary nitrogens is 1. The van der Waals surface area contributed by atoms with Crippen LogP contribution in [0.2, 0.25) is 0 Å². The monoisotopic (exact) mass is 541 g/mol. The number of piperidine rings is 1. The molecule has 3 aromatic rings. The van der Waals surface area contributed by atoms with E-state index in [0.29, 0.717) is 17.6 Å². The van der Waals surface area contributed by atoms with E-state index >= 15 is 0 Å². The predicted octanol–water partition coefficient (Wildman–Crippen LogP) is 5.92. The second kappa shape index (κ2) is 11.4. The van der Waals surface area contributed by atoms with Gasteiger partial charge < -0.3 is 10.6 Å². The van der Waals surface area contributed by atoms with E-state index in [-0.39, 0.29) is 17.9 Å². The molecule has 6 rings (SSSR count). The van der Waals surface area contributed by atoms with Crippen LogP contribution < -0.4 is 20.4 Å². The minimum Gasteiger partial charge on any atom is -0.366 e. The number of likely N-dealkylation sites (tertiary alicyclic amines) is 1. The number of pyridine rings is 1. The topological polar surface area (TPSA) is 78.4 Å². The molecule has 0 bridgehead atoms. The average Bonchev–Trinajstić information content (AvgIpc) is 3.29. The number of aliphatic imine (C=N–C) groups is 1. The summed E-state index contributed by atoms with van der Waals surface area (Å²) in [7, 11) is 0. The number of nitrogens with zero attached hydrogens (tertiary/aromatic N) is 3. The second-order valence-electron chi connectivity index (χ2n) is 11.6. The molecule has 3 heterocycles. The third kappa shape index (κ3) is 5.72. The molecule has 0 atom stereocenters. The third-order valence-electron chi connectivity index (χ3n) is 8.84. The summed E-state index contributed by atoms with van der Waals surface area (Å²) in [5.74, 6) is 1.40. The van der Waals surface area contributed by atoms with Crippen LogP contribution in [-0.4, -0.2) is 41.5 Å². The quantitative estimate of drug-likeness (QED) is 0.325. The Hall–Kier alpha value is -3.78. The Bertz CT molecular complexity index is 1350. The number of anilines is 1. The summed E-state index contributed by atoms with van der Waals surface area (Å²) in [6.07, 6.45) is 9.23. The van der Waals surface area contributed by atoms with Crippen LogP contribution in [0.25, 0.3) is 0 Å². The molecule has 8 heteroatoms. The Morgan fingerprint density at radius 2 is 1.77 bits per heavy atom. The molecule has 2 saturated heterocycles. The fourth-order valence-corrected chi connectivity index (χ4v) is 6.53. The van der Waals surface area contributed by atoms with E-state index in [2.05, 4.69) is 39.1 Å². The van der Waals surface area contributed by atoms with E-state index in [4.69, 9.17) is 4.99 Å². The Balaban J connectivity index is 1.21. The third-order valence-corrected chi connectivity index (χ3v) is 8.84. The van der Waals surface area contributed by atoms with Crippen LogP contribution in [0.15, 0.2) is 77.9 Å². The first-order valence-corrected chi connectivity index (χ1v) is 14.5. The molecule has 3 fully saturated rings. The molecular formula is C32H38FN6O+. The van der Waals surface area contributed by atoms with E-state index in [0.717, 1.165) is 61.7 Å². The number of nitrogens with one attached hydrogen (secondary N) is 3. The Kier molecular flexibility index (Phi) is 7.52. The molecule has 1 spiro atoms. The van der Waals surface area contributed by atoms with Gasteiger partial charge in [-0.2, -0.15) is 0 Å². The van der Waals surface area contributed by atoms with Gasteiger partial charge in [-0.1, -0.05) is 55.7 Å². The highest BCUT2D eigenvalue weighted by atomic mass is 19.1. The molecule has 2 amide bonds. The number of amides is 2. The lowest BCUT2D eigenvalue weighted by atomic mass is 9.84. The van der Waals surface area contributed by atoms with Gasteiger partial charge in [-0.05, 0) is 42.7 Å². The first-order valence-electron chi connectivity index (χ1n) is 14.5. The smallest absolute Gasteiger partial charge is 0.321 e. The molecule has 1 aromatic heterocycles. The minimum atomic E-state index is -0.479. The number of carbonyl (C=O) groups excluding carboxylic acids is 1. The van der Waals surface area contributed by atoms with Gasteiger partial charge in [-0.3, -0.25) is 14.8 Å². The maximum absolute atomic E-state index is 14.5. The maximum atomic E-state index is 14.5. The Morgan fingerprint density at radius 3 is 2.50 bits per heavy atom. The number of hydrogen-bond acceptors (Lipinski definition) is 4. The fourth-order valence-electron chi connectivity index (χ4n) is 6.53. The second-order valence-corrected chi connectivity index (χ2v) is 11.6. The van der Waals surface area contributed by atoms with Crippen LogP contribution in [-0.2, 0) is 13.1 Å². The van der Waals surface area contributed by atoms with Gasteiger partial charge in [0.1, 0.15) is 35.2 Å². The number of urea groups is 1. The molecule has 1 aliphatic carbocycles. The van der Waals surface area contributed by atoms with Crippen molar-refractivity contribution in [3.63, 3.8) is 0 Å². The summed E-state index contributed by atoms with van der Waals surface area (Å²) < 4.78 is 15.1. The molecule has 2 aromatic carbocycles. The lowest BCUT2D eigenvalue weighted by Crippen LogP contribution is -2.63. The molecular weight excluding hydrogens is 503 g/mol. The zero-order chi connectivity index (χ0) is 27.4. The van der Waals surface area contributed by atoms with E-state index < -0.39 is 5.54 Å². The number of hydrogen-bond donors (Lipinski definition) is 3. The number of benzene rings is 2. The van der Waals surface area contributed by atoms with Gasteiger partial charge in [-0.15, -0.1) is 0 Å². The molecule has 3 aliphatic rings. The van der Waals surface area contributed by atoms with Crippen molar-refractivity contribution in [2.75, 3.05) is 18.4 Å². The largest absolute Gasteiger partial charge is 0.366 e. The molecule has 0 radical (unpaired) electrons. The van der Waals surface area contributed by atoms with E-state index in [1.807, 2.05) is 36.5 Å². The molecule has 1 saturated carbocycles. The van der Waals surface area contributed by atoms with Crippen molar-refractivity contribution in [1.82, 2.24) is 20.1 Å². The lowest BCUT2D eigenvalue weighted by Gasteiger charge is -2.46. The van der Waals surface area contributed by atoms with E-state index in [1.54, 1.807) is 12.1 Å². The average molecular weight is 542 g/mol. The summed E-state index contributed by atoms with van der Waals surface area (Å²) in [4.78, 5) is 22.3. The Labute approximate surface area is 235 Å². The van der Waals surface area contributed by atoms with Crippen molar-refractivity contribution in [2.45, 2.75) is 69.6 Å². The standard InChI is InChI=1S/C32H37FN6O/c33-26-10-7-13-28(20-26)39(23-25-14-15-29(35-22-25)34-21-24-8-3-1-4-9-24)18-16-32(17-19-39)30(37-31(40)38-32)36-27-11-5-2-6-12-27/h1,3-4,7-10,13-15,20,22,27H,2,5-6,11-12,16-19,21,23H2,(H2-,34,35,36,37,38,40)/p+1. The normalized spacial score (nSPS) is 26.0. The van der Waals surface area contributed by atoms with Gasteiger partial charge >= 0.3 is 6.03 Å². The van der Waals surface area contributed by atoms with Crippen LogP contribution in [0.3, 0.4) is 0 Å². The minimum absolute atomic E-state index is 0.164. The summed E-state index contributed by atoms with van der Waals surface area (Å²) in [6, 6.07) is 21.5. The summed E-state index contributed by atoms with van der Waals surface area (Å²) in [5, 5.41) is 9.65. The van der Waals surface area contributed by atoms with Crippen molar-refractivity contribution in [2.24, 2.45) is 4.99 Å². The van der Waals surface area contributed by atoms with Crippen molar-refractivity contribution in [3.8, 4) is 0 Å². The van der Waals surface area contributed by atoms with Gasteiger partial charge in [0.2, 0.25) is 0 Å². The van der Waals surface area contributed by atoms with Crippen molar-refractivity contribution in [3.05, 3.63) is 89.9 Å². The lowest BCUT2D eigenvalue weighted by molar-refractivity contribution is 0.173. The summed E-state index contributed by atoms with van der Waals surface area (Å²) >= 11 is 0. The number of carbonyl (C=O) groups is 1. The first kappa shape index (κ1) is 26.4.